The highest BCUT2D eigenvalue weighted by atomic mass is 16.5. The summed E-state index contributed by atoms with van der Waals surface area (Å²) in [5, 5.41) is 0. The second-order valence-corrected chi connectivity index (χ2v) is 4.10. The van der Waals surface area contributed by atoms with Gasteiger partial charge in [-0.15, -0.1) is 0 Å². The van der Waals surface area contributed by atoms with Gasteiger partial charge >= 0.3 is 5.97 Å². The van der Waals surface area contributed by atoms with Crippen molar-refractivity contribution in [2.75, 3.05) is 12.3 Å². The number of carbonyl (C=O) groups is 1. The van der Waals surface area contributed by atoms with E-state index >= 15 is 0 Å². The van der Waals surface area contributed by atoms with Gasteiger partial charge in [0.15, 0.2) is 5.69 Å². The highest BCUT2D eigenvalue weighted by molar-refractivity contribution is 5.92. The third-order valence-corrected chi connectivity index (χ3v) is 2.69. The Kier molecular flexibility index (Phi) is 3.50. The molecule has 0 fully saturated rings. The molecule has 2 N–H and O–H groups in total. The fraction of sp³-hybridized carbons (Fsp3) is 0.308. The number of nitrogens with two attached hydrogens (primary N) is 1. The van der Waals surface area contributed by atoms with E-state index in [4.69, 9.17) is 10.5 Å². The first-order valence-corrected chi connectivity index (χ1v) is 5.99. The van der Waals surface area contributed by atoms with Crippen molar-refractivity contribution in [3.05, 3.63) is 35.5 Å². The van der Waals surface area contributed by atoms with Gasteiger partial charge in [-0.05, 0) is 32.9 Å². The molecule has 2 rings (SSSR count). The molecule has 6 heteroatoms. The Morgan fingerprint density at radius 2 is 2.21 bits per heavy atom. The van der Waals surface area contributed by atoms with E-state index in [-0.39, 0.29) is 11.5 Å². The Morgan fingerprint density at radius 3 is 2.84 bits per heavy atom. The molecule has 2 aromatic rings. The Labute approximate surface area is 111 Å². The molecular formula is C13H16N4O2. The number of pyridine rings is 1. The van der Waals surface area contributed by atoms with Crippen LogP contribution in [0, 0.1) is 13.8 Å². The molecule has 100 valence electrons. The van der Waals surface area contributed by atoms with Gasteiger partial charge in [-0.2, -0.15) is 0 Å². The lowest BCUT2D eigenvalue weighted by molar-refractivity contribution is 0.0521. The standard InChI is InChI=1S/C13H16N4O2/c1-4-19-13(18)11-12(14)17(9(3)16-11)10-5-6-15-8(2)7-10/h5-7H,4,14H2,1-3H3. The quantitative estimate of drug-likeness (QED) is 0.848. The van der Waals surface area contributed by atoms with Gasteiger partial charge in [-0.3, -0.25) is 9.55 Å². The van der Waals surface area contributed by atoms with E-state index in [9.17, 15) is 4.79 Å². The second-order valence-electron chi connectivity index (χ2n) is 4.10. The van der Waals surface area contributed by atoms with Crippen LogP contribution in [-0.4, -0.2) is 27.1 Å². The summed E-state index contributed by atoms with van der Waals surface area (Å²) in [5.74, 6) is 0.403. The summed E-state index contributed by atoms with van der Waals surface area (Å²) in [5.41, 5.74) is 7.83. The number of hydrogen-bond donors (Lipinski definition) is 1. The Hall–Kier alpha value is -2.37. The topological polar surface area (TPSA) is 83.0 Å². The lowest BCUT2D eigenvalue weighted by Crippen LogP contribution is -2.09. The minimum absolute atomic E-state index is 0.147. The molecule has 0 aromatic carbocycles. The summed E-state index contributed by atoms with van der Waals surface area (Å²) in [6.45, 7) is 5.70. The van der Waals surface area contributed by atoms with Crippen molar-refractivity contribution < 1.29 is 9.53 Å². The molecule has 0 unspecified atom stereocenters. The van der Waals surface area contributed by atoms with Crippen molar-refractivity contribution in [3.8, 4) is 5.69 Å². The van der Waals surface area contributed by atoms with E-state index in [1.165, 1.54) is 0 Å². The monoisotopic (exact) mass is 260 g/mol. The summed E-state index contributed by atoms with van der Waals surface area (Å²) in [6.07, 6.45) is 1.69. The van der Waals surface area contributed by atoms with Crippen molar-refractivity contribution in [1.29, 1.82) is 0 Å². The average Bonchev–Trinajstić information content (AvgIpc) is 2.65. The van der Waals surface area contributed by atoms with Crippen LogP contribution in [0.1, 0.15) is 28.9 Å². The smallest absolute Gasteiger partial charge is 0.360 e. The molecule has 0 aliphatic rings. The first kappa shape index (κ1) is 13.1. The van der Waals surface area contributed by atoms with E-state index in [0.717, 1.165) is 11.4 Å². The molecule has 2 aromatic heterocycles. The number of carbonyl (C=O) groups excluding carboxylic acids is 1. The number of esters is 1. The maximum Gasteiger partial charge on any atom is 0.360 e. The van der Waals surface area contributed by atoms with Crippen LogP contribution in [0.2, 0.25) is 0 Å². The molecule has 2 heterocycles. The molecular weight excluding hydrogens is 244 g/mol. The molecule has 0 saturated heterocycles. The molecule has 0 bridgehead atoms. The van der Waals surface area contributed by atoms with E-state index < -0.39 is 5.97 Å². The third-order valence-electron chi connectivity index (χ3n) is 2.69. The van der Waals surface area contributed by atoms with Crippen LogP contribution in [0.4, 0.5) is 5.82 Å². The Balaban J connectivity index is 2.51. The number of hydrogen-bond acceptors (Lipinski definition) is 5. The first-order valence-electron chi connectivity index (χ1n) is 5.99. The van der Waals surface area contributed by atoms with Gasteiger partial charge in [0.05, 0.1) is 12.3 Å². The van der Waals surface area contributed by atoms with Crippen LogP contribution in [0.5, 0.6) is 0 Å². The van der Waals surface area contributed by atoms with Gasteiger partial charge in [0.25, 0.3) is 0 Å². The van der Waals surface area contributed by atoms with Crippen LogP contribution in [0.25, 0.3) is 5.69 Å². The maximum absolute atomic E-state index is 11.7. The van der Waals surface area contributed by atoms with Crippen LogP contribution in [0.3, 0.4) is 0 Å². The number of nitrogens with zero attached hydrogens (tertiary/aromatic N) is 3. The van der Waals surface area contributed by atoms with Crippen molar-refractivity contribution in [2.45, 2.75) is 20.8 Å². The number of ether oxygens (including phenoxy) is 1. The van der Waals surface area contributed by atoms with Gasteiger partial charge in [0, 0.05) is 11.9 Å². The van der Waals surface area contributed by atoms with Crippen LogP contribution in [-0.2, 0) is 4.74 Å². The molecule has 0 amide bonds. The minimum atomic E-state index is -0.507. The molecule has 0 spiro atoms. The van der Waals surface area contributed by atoms with Crippen molar-refractivity contribution >= 4 is 11.8 Å². The first-order chi connectivity index (χ1) is 9.04. The van der Waals surface area contributed by atoms with E-state index in [1.54, 1.807) is 24.6 Å². The summed E-state index contributed by atoms with van der Waals surface area (Å²) in [7, 11) is 0. The summed E-state index contributed by atoms with van der Waals surface area (Å²) in [4.78, 5) is 20.0. The lowest BCUT2D eigenvalue weighted by Gasteiger charge is -2.08. The number of anilines is 1. The fourth-order valence-electron chi connectivity index (χ4n) is 1.89. The Morgan fingerprint density at radius 1 is 1.47 bits per heavy atom. The minimum Gasteiger partial charge on any atom is -0.461 e. The van der Waals surface area contributed by atoms with Gasteiger partial charge in [0.1, 0.15) is 11.6 Å². The predicted octanol–water partition coefficient (Wildman–Crippen LogP) is 1.64. The van der Waals surface area contributed by atoms with E-state index in [0.29, 0.717) is 12.4 Å². The SMILES string of the molecule is CCOC(=O)c1nc(C)n(-c2ccnc(C)c2)c1N. The molecule has 0 aliphatic heterocycles. The van der Waals surface area contributed by atoms with Crippen molar-refractivity contribution in [2.24, 2.45) is 0 Å². The molecule has 19 heavy (non-hydrogen) atoms. The van der Waals surface area contributed by atoms with Gasteiger partial charge in [-0.25, -0.2) is 9.78 Å². The molecule has 0 saturated carbocycles. The normalized spacial score (nSPS) is 10.5. The molecule has 0 atom stereocenters. The molecule has 0 radical (unpaired) electrons. The average molecular weight is 260 g/mol. The lowest BCUT2D eigenvalue weighted by atomic mass is 10.3. The van der Waals surface area contributed by atoms with Crippen molar-refractivity contribution in [3.63, 3.8) is 0 Å². The number of aromatic nitrogens is 3. The van der Waals surface area contributed by atoms with Crippen molar-refractivity contribution in [1.82, 2.24) is 14.5 Å². The van der Waals surface area contributed by atoms with E-state index in [2.05, 4.69) is 9.97 Å². The second kappa shape index (κ2) is 5.09. The zero-order valence-corrected chi connectivity index (χ0v) is 11.2. The molecule has 6 nitrogen and oxygen atoms in total. The fourth-order valence-corrected chi connectivity index (χ4v) is 1.89. The number of nitrogen functional groups attached to an aromatic ring is 1. The number of rotatable bonds is 3. The summed E-state index contributed by atoms with van der Waals surface area (Å²) in [6, 6.07) is 3.69. The van der Waals surface area contributed by atoms with E-state index in [1.807, 2.05) is 19.1 Å². The van der Waals surface area contributed by atoms with Crippen LogP contribution < -0.4 is 5.73 Å². The maximum atomic E-state index is 11.7. The third kappa shape index (κ3) is 2.42. The van der Waals surface area contributed by atoms with Crippen LogP contribution in [0.15, 0.2) is 18.3 Å². The summed E-state index contributed by atoms with van der Waals surface area (Å²) >= 11 is 0. The number of aryl methyl sites for hydroxylation is 2. The largest absolute Gasteiger partial charge is 0.461 e. The highest BCUT2D eigenvalue weighted by Gasteiger charge is 2.20. The highest BCUT2D eigenvalue weighted by Crippen LogP contribution is 2.21. The van der Waals surface area contributed by atoms with Gasteiger partial charge in [-0.1, -0.05) is 0 Å². The molecule has 0 aliphatic carbocycles. The Bertz CT molecular complexity index is 619. The summed E-state index contributed by atoms with van der Waals surface area (Å²) < 4.78 is 6.64. The van der Waals surface area contributed by atoms with Crippen LogP contribution >= 0.6 is 0 Å². The zero-order chi connectivity index (χ0) is 14.0. The predicted molar refractivity (Wildman–Crippen MR) is 71.2 cm³/mol. The number of imidazole rings is 1. The zero-order valence-electron chi connectivity index (χ0n) is 11.2. The van der Waals surface area contributed by atoms with Gasteiger partial charge < -0.3 is 10.5 Å². The van der Waals surface area contributed by atoms with Gasteiger partial charge in [0.2, 0.25) is 0 Å².